The van der Waals surface area contributed by atoms with Gasteiger partial charge in [0.15, 0.2) is 11.6 Å². The quantitative estimate of drug-likeness (QED) is 0.677. The number of hydrogen-bond acceptors (Lipinski definition) is 2. The van der Waals surface area contributed by atoms with E-state index in [0.717, 1.165) is 37.7 Å². The molecule has 0 aliphatic heterocycles. The van der Waals surface area contributed by atoms with Gasteiger partial charge in [-0.3, -0.25) is 9.59 Å². The van der Waals surface area contributed by atoms with E-state index < -0.39 is 0 Å². The largest absolute Gasteiger partial charge is 0.295 e. The fourth-order valence-electron chi connectivity index (χ4n) is 7.19. The summed E-state index contributed by atoms with van der Waals surface area (Å²) in [6.07, 6.45) is 9.50. The van der Waals surface area contributed by atoms with Crippen LogP contribution in [0.25, 0.3) is 0 Å². The third-order valence-corrected chi connectivity index (χ3v) is 8.23. The zero-order chi connectivity index (χ0) is 17.3. The van der Waals surface area contributed by atoms with Crippen LogP contribution in [0.3, 0.4) is 0 Å². The van der Waals surface area contributed by atoms with Gasteiger partial charge in [0.05, 0.1) is 0 Å². The topological polar surface area (TPSA) is 34.1 Å². The number of hydrogen-bond donors (Lipinski definition) is 0. The maximum absolute atomic E-state index is 12.3. The lowest BCUT2D eigenvalue weighted by Gasteiger charge is -2.57. The number of fused-ring (bicyclic) bond motifs is 5. The summed E-state index contributed by atoms with van der Waals surface area (Å²) in [5, 5.41) is 0. The van der Waals surface area contributed by atoms with Gasteiger partial charge in [-0.15, -0.1) is 0 Å². The molecule has 0 saturated heterocycles. The van der Waals surface area contributed by atoms with Crippen molar-refractivity contribution >= 4 is 11.6 Å². The first-order valence-electron chi connectivity index (χ1n) is 9.72. The molecule has 130 valence electrons. The molecule has 0 N–H and O–H groups in total. The van der Waals surface area contributed by atoms with Crippen LogP contribution in [0.2, 0.25) is 0 Å². The van der Waals surface area contributed by atoms with Crippen LogP contribution in [0.15, 0.2) is 22.8 Å². The van der Waals surface area contributed by atoms with Crippen molar-refractivity contribution in [2.45, 2.75) is 72.6 Å². The van der Waals surface area contributed by atoms with Crippen LogP contribution in [0.5, 0.6) is 0 Å². The molecule has 0 spiro atoms. The number of carbonyl (C=O) groups excluding carboxylic acids is 2. The fourth-order valence-corrected chi connectivity index (χ4v) is 7.19. The monoisotopic (exact) mass is 326 g/mol. The third kappa shape index (κ3) is 2.01. The highest BCUT2D eigenvalue weighted by molar-refractivity contribution is 5.96. The number of Topliss-reactive ketones (excluding diaryl/α,β-unsaturated/α-hetero) is 1. The standard InChI is InChI=1S/C22H30O2/c1-13-11-19-17-6-5-15-12-16(24)7-9-21(15,3)18(17)8-10-22(19,4)20(13)14(2)23/h12,17-19H,5-11H2,1-4H3/t17-,18+,19+,21+,22+/m1/s1. The van der Waals surface area contributed by atoms with Crippen molar-refractivity contribution in [3.05, 3.63) is 22.8 Å². The van der Waals surface area contributed by atoms with E-state index in [4.69, 9.17) is 0 Å². The lowest BCUT2D eigenvalue weighted by Crippen LogP contribution is -2.50. The van der Waals surface area contributed by atoms with Gasteiger partial charge in [-0.25, -0.2) is 0 Å². The Morgan fingerprint density at radius 3 is 2.54 bits per heavy atom. The second-order valence-electron chi connectivity index (χ2n) is 9.34. The summed E-state index contributed by atoms with van der Waals surface area (Å²) in [4.78, 5) is 24.2. The molecule has 0 aromatic carbocycles. The summed E-state index contributed by atoms with van der Waals surface area (Å²) in [6, 6.07) is 0. The average molecular weight is 326 g/mol. The minimum absolute atomic E-state index is 0.0964. The second-order valence-corrected chi connectivity index (χ2v) is 9.34. The summed E-state index contributed by atoms with van der Waals surface area (Å²) >= 11 is 0. The van der Waals surface area contributed by atoms with Crippen LogP contribution in [0.4, 0.5) is 0 Å². The SMILES string of the molecule is CC(=O)C1=C(C)C[C@H]2[C@@H]3CCC4=CC(=O)CC[C@]4(C)[C@H]3CC[C@]12C. The van der Waals surface area contributed by atoms with Gasteiger partial charge in [0.1, 0.15) is 0 Å². The molecule has 2 heteroatoms. The highest BCUT2D eigenvalue weighted by Crippen LogP contribution is 2.66. The molecule has 0 bridgehead atoms. The predicted molar refractivity (Wildman–Crippen MR) is 95.5 cm³/mol. The first kappa shape index (κ1) is 16.3. The number of rotatable bonds is 1. The van der Waals surface area contributed by atoms with Crippen molar-refractivity contribution in [3.63, 3.8) is 0 Å². The van der Waals surface area contributed by atoms with Gasteiger partial charge in [-0.05, 0) is 92.6 Å². The molecule has 2 saturated carbocycles. The van der Waals surface area contributed by atoms with Gasteiger partial charge in [-0.1, -0.05) is 25.0 Å². The van der Waals surface area contributed by atoms with Crippen molar-refractivity contribution in [1.82, 2.24) is 0 Å². The van der Waals surface area contributed by atoms with E-state index in [1.54, 1.807) is 6.92 Å². The number of carbonyl (C=O) groups is 2. The molecule has 0 heterocycles. The number of allylic oxidation sites excluding steroid dienone is 4. The normalized spacial score (nSPS) is 44.6. The van der Waals surface area contributed by atoms with Crippen molar-refractivity contribution < 1.29 is 9.59 Å². The third-order valence-electron chi connectivity index (χ3n) is 8.23. The van der Waals surface area contributed by atoms with Crippen LogP contribution in [-0.2, 0) is 9.59 Å². The van der Waals surface area contributed by atoms with Gasteiger partial charge in [0.2, 0.25) is 0 Å². The summed E-state index contributed by atoms with van der Waals surface area (Å²) in [5.41, 5.74) is 4.25. The fraction of sp³-hybridized carbons (Fsp3) is 0.727. The van der Waals surface area contributed by atoms with E-state index in [-0.39, 0.29) is 10.8 Å². The Labute approximate surface area is 145 Å². The number of ketones is 2. The zero-order valence-corrected chi connectivity index (χ0v) is 15.6. The molecule has 0 radical (unpaired) electrons. The van der Waals surface area contributed by atoms with Crippen molar-refractivity contribution in [2.75, 3.05) is 0 Å². The van der Waals surface area contributed by atoms with Gasteiger partial charge in [-0.2, -0.15) is 0 Å². The van der Waals surface area contributed by atoms with E-state index in [1.165, 1.54) is 24.0 Å². The van der Waals surface area contributed by atoms with Crippen LogP contribution in [0.1, 0.15) is 72.6 Å². The first-order valence-corrected chi connectivity index (χ1v) is 9.72. The smallest absolute Gasteiger partial charge is 0.156 e. The van der Waals surface area contributed by atoms with Crippen LogP contribution >= 0.6 is 0 Å². The van der Waals surface area contributed by atoms with Crippen LogP contribution < -0.4 is 0 Å². The lowest BCUT2D eigenvalue weighted by molar-refractivity contribution is -0.118. The summed E-state index contributed by atoms with van der Waals surface area (Å²) in [7, 11) is 0. The summed E-state index contributed by atoms with van der Waals surface area (Å²) in [5.74, 6) is 2.67. The molecule has 4 aliphatic rings. The molecule has 4 aliphatic carbocycles. The Bertz CT molecular complexity index is 682. The minimum atomic E-state index is 0.0964. The van der Waals surface area contributed by atoms with Crippen molar-refractivity contribution in [1.29, 1.82) is 0 Å². The molecule has 24 heavy (non-hydrogen) atoms. The lowest BCUT2D eigenvalue weighted by atomic mass is 9.47. The molecule has 0 aromatic rings. The Morgan fingerprint density at radius 1 is 1.08 bits per heavy atom. The molecule has 0 amide bonds. The Morgan fingerprint density at radius 2 is 1.83 bits per heavy atom. The molecule has 4 rings (SSSR count). The Kier molecular flexibility index (Phi) is 3.50. The van der Waals surface area contributed by atoms with E-state index in [1.807, 2.05) is 6.08 Å². The van der Waals surface area contributed by atoms with Gasteiger partial charge >= 0.3 is 0 Å². The highest BCUT2D eigenvalue weighted by atomic mass is 16.1. The minimum Gasteiger partial charge on any atom is -0.295 e. The van der Waals surface area contributed by atoms with E-state index in [2.05, 4.69) is 20.8 Å². The van der Waals surface area contributed by atoms with E-state index in [9.17, 15) is 9.59 Å². The molecule has 2 fully saturated rings. The molecule has 0 aromatic heterocycles. The predicted octanol–water partition coefficient (Wildman–Crippen LogP) is 5.03. The molecular formula is C22H30O2. The van der Waals surface area contributed by atoms with E-state index >= 15 is 0 Å². The van der Waals surface area contributed by atoms with Crippen molar-refractivity contribution in [2.24, 2.45) is 28.6 Å². The average Bonchev–Trinajstić information content (AvgIpc) is 2.78. The molecular weight excluding hydrogens is 296 g/mol. The highest BCUT2D eigenvalue weighted by Gasteiger charge is 2.58. The second kappa shape index (κ2) is 5.16. The molecule has 0 unspecified atom stereocenters. The maximum Gasteiger partial charge on any atom is 0.156 e. The van der Waals surface area contributed by atoms with Gasteiger partial charge < -0.3 is 0 Å². The van der Waals surface area contributed by atoms with Crippen LogP contribution in [0, 0.1) is 28.6 Å². The van der Waals surface area contributed by atoms with E-state index in [0.29, 0.717) is 29.3 Å². The Hall–Kier alpha value is -1.18. The first-order chi connectivity index (χ1) is 11.3. The maximum atomic E-state index is 12.3. The van der Waals surface area contributed by atoms with Crippen molar-refractivity contribution in [3.8, 4) is 0 Å². The molecule has 5 atom stereocenters. The molecule has 2 nitrogen and oxygen atoms in total. The summed E-state index contributed by atoms with van der Waals surface area (Å²) < 4.78 is 0. The zero-order valence-electron chi connectivity index (χ0n) is 15.6. The van der Waals surface area contributed by atoms with Gasteiger partial charge in [0, 0.05) is 6.42 Å². The van der Waals surface area contributed by atoms with Gasteiger partial charge in [0.25, 0.3) is 0 Å². The Balaban J connectivity index is 1.70. The summed E-state index contributed by atoms with van der Waals surface area (Å²) in [6.45, 7) is 8.73. The van der Waals surface area contributed by atoms with Crippen LogP contribution in [-0.4, -0.2) is 11.6 Å².